The number of benzene rings is 1. The summed E-state index contributed by atoms with van der Waals surface area (Å²) in [5.74, 6) is 0.184. The molecule has 7 heteroatoms. The highest BCUT2D eigenvalue weighted by atomic mass is 16.5. The van der Waals surface area contributed by atoms with Gasteiger partial charge in [0.15, 0.2) is 0 Å². The van der Waals surface area contributed by atoms with Gasteiger partial charge in [0.2, 0.25) is 11.8 Å². The number of fused-ring (bicyclic) bond motifs is 1. The van der Waals surface area contributed by atoms with Gasteiger partial charge in [-0.2, -0.15) is 5.10 Å². The number of para-hydroxylation sites is 2. The zero-order chi connectivity index (χ0) is 14.7. The maximum Gasteiger partial charge on any atom is 0.244 e. The zero-order valence-corrected chi connectivity index (χ0v) is 11.2. The second-order valence-corrected chi connectivity index (χ2v) is 4.58. The molecule has 2 N–H and O–H groups in total. The van der Waals surface area contributed by atoms with Gasteiger partial charge in [-0.3, -0.25) is 19.6 Å². The van der Waals surface area contributed by atoms with Crippen LogP contribution < -0.4 is 15.0 Å². The third-order valence-electron chi connectivity index (χ3n) is 3.11. The van der Waals surface area contributed by atoms with Gasteiger partial charge in [0.25, 0.3) is 0 Å². The lowest BCUT2D eigenvalue weighted by molar-refractivity contribution is -0.121. The van der Waals surface area contributed by atoms with E-state index >= 15 is 0 Å². The first kappa shape index (κ1) is 13.2. The van der Waals surface area contributed by atoms with Crippen LogP contribution in [0.5, 0.6) is 5.75 Å². The molecule has 1 aromatic heterocycles. The number of ether oxygens (including phenoxy) is 1. The molecule has 2 aromatic rings. The van der Waals surface area contributed by atoms with Gasteiger partial charge in [-0.25, -0.2) is 0 Å². The Balaban J connectivity index is 1.79. The third-order valence-corrected chi connectivity index (χ3v) is 3.11. The molecule has 0 fully saturated rings. The number of H-pyrrole nitrogens is 1. The van der Waals surface area contributed by atoms with Crippen LogP contribution in [-0.2, 0) is 9.59 Å². The largest absolute Gasteiger partial charge is 0.491 e. The highest BCUT2D eigenvalue weighted by molar-refractivity contribution is 6.03. The van der Waals surface area contributed by atoms with Crippen LogP contribution in [0.25, 0.3) is 0 Å². The summed E-state index contributed by atoms with van der Waals surface area (Å²) in [5, 5.41) is 9.03. The van der Waals surface area contributed by atoms with E-state index in [-0.39, 0.29) is 24.8 Å². The van der Waals surface area contributed by atoms with Gasteiger partial charge >= 0.3 is 0 Å². The minimum absolute atomic E-state index is 0.0651. The molecule has 0 radical (unpaired) electrons. The predicted octanol–water partition coefficient (Wildman–Crippen LogP) is 1.16. The number of anilines is 2. The van der Waals surface area contributed by atoms with Crippen LogP contribution in [0.15, 0.2) is 36.7 Å². The standard InChI is InChI=1S/C14H14N4O3/c19-13(17-10-7-15-16-8-10)9-18-11-3-1-2-4-12(11)21-6-5-14(18)20/h1-4,7-8H,5-6,9H2,(H,15,16)(H,17,19). The summed E-state index contributed by atoms with van der Waals surface area (Å²) in [6, 6.07) is 7.19. The minimum atomic E-state index is -0.290. The lowest BCUT2D eigenvalue weighted by Crippen LogP contribution is -2.37. The van der Waals surface area contributed by atoms with Gasteiger partial charge in [-0.15, -0.1) is 0 Å². The third kappa shape index (κ3) is 2.86. The Kier molecular flexibility index (Phi) is 3.55. The fourth-order valence-electron chi connectivity index (χ4n) is 2.16. The van der Waals surface area contributed by atoms with E-state index in [1.807, 2.05) is 12.1 Å². The molecule has 0 saturated carbocycles. The summed E-state index contributed by atoms with van der Waals surface area (Å²) in [6.45, 7) is 0.250. The fraction of sp³-hybridized carbons (Fsp3) is 0.214. The van der Waals surface area contributed by atoms with Gasteiger partial charge in [0.05, 0.1) is 30.6 Å². The quantitative estimate of drug-likeness (QED) is 0.886. The number of amides is 2. The number of hydrogen-bond acceptors (Lipinski definition) is 4. The van der Waals surface area contributed by atoms with Crippen molar-refractivity contribution in [2.45, 2.75) is 6.42 Å². The molecule has 0 unspecified atom stereocenters. The van der Waals surface area contributed by atoms with E-state index in [9.17, 15) is 9.59 Å². The van der Waals surface area contributed by atoms with E-state index in [0.29, 0.717) is 23.7 Å². The van der Waals surface area contributed by atoms with E-state index in [2.05, 4.69) is 15.5 Å². The number of carbonyl (C=O) groups excluding carboxylic acids is 2. The van der Waals surface area contributed by atoms with Crippen LogP contribution in [0.2, 0.25) is 0 Å². The molecule has 0 aliphatic carbocycles. The Morgan fingerprint density at radius 2 is 2.29 bits per heavy atom. The molecule has 108 valence electrons. The van der Waals surface area contributed by atoms with Crippen LogP contribution >= 0.6 is 0 Å². The first-order chi connectivity index (χ1) is 10.2. The van der Waals surface area contributed by atoms with Crippen LogP contribution in [0, 0.1) is 0 Å². The molecule has 3 rings (SSSR count). The highest BCUT2D eigenvalue weighted by Gasteiger charge is 2.24. The smallest absolute Gasteiger partial charge is 0.244 e. The number of rotatable bonds is 3. The molecule has 1 aliphatic rings. The molecule has 1 aromatic carbocycles. The van der Waals surface area contributed by atoms with Crippen LogP contribution in [-0.4, -0.2) is 35.2 Å². The molecular weight excluding hydrogens is 272 g/mol. The summed E-state index contributed by atoms with van der Waals surface area (Å²) in [6.07, 6.45) is 3.31. The van der Waals surface area contributed by atoms with Crippen molar-refractivity contribution in [2.75, 3.05) is 23.4 Å². The Hall–Kier alpha value is -2.83. The topological polar surface area (TPSA) is 87.3 Å². The number of aromatic amines is 1. The number of aromatic nitrogens is 2. The van der Waals surface area contributed by atoms with Gasteiger partial charge in [0, 0.05) is 6.20 Å². The van der Waals surface area contributed by atoms with Crippen molar-refractivity contribution >= 4 is 23.2 Å². The van der Waals surface area contributed by atoms with E-state index in [4.69, 9.17) is 4.74 Å². The van der Waals surface area contributed by atoms with E-state index in [0.717, 1.165) is 0 Å². The van der Waals surface area contributed by atoms with Crippen molar-refractivity contribution in [2.24, 2.45) is 0 Å². The van der Waals surface area contributed by atoms with Crippen molar-refractivity contribution in [1.29, 1.82) is 0 Å². The number of nitrogens with zero attached hydrogens (tertiary/aromatic N) is 2. The van der Waals surface area contributed by atoms with Crippen molar-refractivity contribution in [3.8, 4) is 5.75 Å². The molecule has 0 saturated heterocycles. The predicted molar refractivity (Wildman–Crippen MR) is 76.1 cm³/mol. The van der Waals surface area contributed by atoms with Gasteiger partial charge in [0.1, 0.15) is 12.3 Å². The summed E-state index contributed by atoms with van der Waals surface area (Å²) < 4.78 is 5.53. The van der Waals surface area contributed by atoms with Crippen molar-refractivity contribution in [3.63, 3.8) is 0 Å². The minimum Gasteiger partial charge on any atom is -0.491 e. The van der Waals surface area contributed by atoms with Crippen LogP contribution in [0.3, 0.4) is 0 Å². The normalized spacial score (nSPS) is 14.1. The molecule has 7 nitrogen and oxygen atoms in total. The Morgan fingerprint density at radius 3 is 3.10 bits per heavy atom. The number of hydrogen-bond donors (Lipinski definition) is 2. The molecule has 0 atom stereocenters. The molecule has 2 heterocycles. The number of carbonyl (C=O) groups is 2. The summed E-state index contributed by atoms with van der Waals surface area (Å²) in [7, 11) is 0. The van der Waals surface area contributed by atoms with Crippen LogP contribution in [0.4, 0.5) is 11.4 Å². The highest BCUT2D eigenvalue weighted by Crippen LogP contribution is 2.30. The van der Waals surface area contributed by atoms with E-state index < -0.39 is 0 Å². The lowest BCUT2D eigenvalue weighted by Gasteiger charge is -2.21. The van der Waals surface area contributed by atoms with Crippen molar-refractivity contribution in [1.82, 2.24) is 10.2 Å². The summed E-state index contributed by atoms with van der Waals surface area (Å²) in [5.41, 5.74) is 1.18. The Labute approximate surface area is 120 Å². The van der Waals surface area contributed by atoms with Crippen molar-refractivity contribution < 1.29 is 14.3 Å². The van der Waals surface area contributed by atoms with Crippen LogP contribution in [0.1, 0.15) is 6.42 Å². The average molecular weight is 286 g/mol. The second-order valence-electron chi connectivity index (χ2n) is 4.58. The maximum atomic E-state index is 12.2. The van der Waals surface area contributed by atoms with Gasteiger partial charge < -0.3 is 10.1 Å². The van der Waals surface area contributed by atoms with Crippen molar-refractivity contribution in [3.05, 3.63) is 36.7 Å². The Morgan fingerprint density at radius 1 is 1.43 bits per heavy atom. The van der Waals surface area contributed by atoms with Gasteiger partial charge in [-0.1, -0.05) is 12.1 Å². The fourth-order valence-corrected chi connectivity index (χ4v) is 2.16. The average Bonchev–Trinajstić information content (AvgIpc) is 2.92. The molecule has 0 bridgehead atoms. The van der Waals surface area contributed by atoms with E-state index in [1.165, 1.54) is 11.1 Å². The molecular formula is C14H14N4O3. The van der Waals surface area contributed by atoms with Gasteiger partial charge in [-0.05, 0) is 12.1 Å². The molecule has 0 spiro atoms. The SMILES string of the molecule is O=C(CN1C(=O)CCOc2ccccc21)Nc1cn[nH]c1. The number of nitrogens with one attached hydrogen (secondary N) is 2. The maximum absolute atomic E-state index is 12.2. The first-order valence-corrected chi connectivity index (χ1v) is 6.55. The lowest BCUT2D eigenvalue weighted by atomic mass is 10.2. The molecule has 1 aliphatic heterocycles. The second kappa shape index (κ2) is 5.66. The molecule has 21 heavy (non-hydrogen) atoms. The monoisotopic (exact) mass is 286 g/mol. The molecule has 2 amide bonds. The van der Waals surface area contributed by atoms with E-state index in [1.54, 1.807) is 18.3 Å². The first-order valence-electron chi connectivity index (χ1n) is 6.55. The Bertz CT molecular complexity index is 654. The summed E-state index contributed by atoms with van der Waals surface area (Å²) in [4.78, 5) is 25.7. The zero-order valence-electron chi connectivity index (χ0n) is 11.2. The summed E-state index contributed by atoms with van der Waals surface area (Å²) >= 11 is 0.